The van der Waals surface area contributed by atoms with Gasteiger partial charge in [-0.15, -0.1) is 0 Å². The lowest BCUT2D eigenvalue weighted by Gasteiger charge is -2.43. The van der Waals surface area contributed by atoms with E-state index in [-0.39, 0.29) is 5.41 Å². The first-order chi connectivity index (χ1) is 29.0. The molecule has 0 atom stereocenters. The van der Waals surface area contributed by atoms with E-state index in [4.69, 9.17) is 0 Å². The molecule has 0 bridgehead atoms. The van der Waals surface area contributed by atoms with Crippen molar-refractivity contribution in [3.05, 3.63) is 230 Å². The van der Waals surface area contributed by atoms with Gasteiger partial charge < -0.3 is 9.80 Å². The predicted molar refractivity (Wildman–Crippen MR) is 251 cm³/mol. The standard InChI is InChI=1S/C57H42N2/c1-57(2)51-30-12-13-31-54(51)59(56-48-28-11-8-19-41(48)33-35-50(56)49-29-15-20-39-17-6-9-26-46(39)49)55-36-34-43(38-52(55)57)42-22-14-25-45(37-42)58(44-23-4-3-5-24-44)53-32-16-21-40-18-7-10-27-47(40)53/h3-38H,1-2H3. The Morgan fingerprint density at radius 3 is 1.76 bits per heavy atom. The van der Waals surface area contributed by atoms with Crippen LogP contribution >= 0.6 is 0 Å². The Morgan fingerprint density at radius 1 is 0.373 bits per heavy atom. The summed E-state index contributed by atoms with van der Waals surface area (Å²) in [6.07, 6.45) is 0. The Balaban J connectivity index is 1.11. The summed E-state index contributed by atoms with van der Waals surface area (Å²) in [7, 11) is 0. The second kappa shape index (κ2) is 13.9. The van der Waals surface area contributed by atoms with E-state index in [2.05, 4.69) is 242 Å². The summed E-state index contributed by atoms with van der Waals surface area (Å²) in [6.45, 7) is 4.77. The fourth-order valence-electron chi connectivity index (χ4n) is 9.53. The molecule has 2 nitrogen and oxygen atoms in total. The van der Waals surface area contributed by atoms with Gasteiger partial charge in [-0.1, -0.05) is 184 Å². The first-order valence-corrected chi connectivity index (χ1v) is 20.5. The number of anilines is 6. The summed E-state index contributed by atoms with van der Waals surface area (Å²) in [4.78, 5) is 4.94. The molecule has 10 aromatic rings. The maximum atomic E-state index is 2.55. The quantitative estimate of drug-likeness (QED) is 0.167. The van der Waals surface area contributed by atoms with Gasteiger partial charge in [0.25, 0.3) is 0 Å². The zero-order valence-corrected chi connectivity index (χ0v) is 33.2. The van der Waals surface area contributed by atoms with Gasteiger partial charge >= 0.3 is 0 Å². The van der Waals surface area contributed by atoms with Crippen LogP contribution in [0.1, 0.15) is 25.0 Å². The van der Waals surface area contributed by atoms with E-state index < -0.39 is 0 Å². The van der Waals surface area contributed by atoms with Crippen molar-refractivity contribution in [3.63, 3.8) is 0 Å². The Labute approximate surface area is 345 Å². The first kappa shape index (κ1) is 34.8. The van der Waals surface area contributed by atoms with Crippen LogP contribution in [0.4, 0.5) is 34.1 Å². The average Bonchev–Trinajstić information content (AvgIpc) is 3.29. The molecule has 0 saturated heterocycles. The highest BCUT2D eigenvalue weighted by Crippen LogP contribution is 2.56. The highest BCUT2D eigenvalue weighted by molar-refractivity contribution is 6.11. The minimum absolute atomic E-state index is 0.265. The fourth-order valence-corrected chi connectivity index (χ4v) is 9.53. The van der Waals surface area contributed by atoms with Crippen LogP contribution in [0.2, 0.25) is 0 Å². The minimum Gasteiger partial charge on any atom is -0.310 e. The lowest BCUT2D eigenvalue weighted by molar-refractivity contribution is 0.632. The van der Waals surface area contributed by atoms with E-state index in [0.717, 1.165) is 17.1 Å². The van der Waals surface area contributed by atoms with E-state index in [9.17, 15) is 0 Å². The molecular weight excluding hydrogens is 713 g/mol. The third-order valence-electron chi connectivity index (χ3n) is 12.4. The van der Waals surface area contributed by atoms with Crippen molar-refractivity contribution >= 4 is 66.4 Å². The minimum atomic E-state index is -0.265. The fraction of sp³-hybridized carbons (Fsp3) is 0.0526. The molecule has 0 fully saturated rings. The van der Waals surface area contributed by atoms with Crippen LogP contribution in [0.25, 0.3) is 54.6 Å². The van der Waals surface area contributed by atoms with Gasteiger partial charge in [0.2, 0.25) is 0 Å². The van der Waals surface area contributed by atoms with E-state index in [0.29, 0.717) is 0 Å². The van der Waals surface area contributed by atoms with Crippen molar-refractivity contribution in [2.75, 3.05) is 9.80 Å². The molecule has 0 N–H and O–H groups in total. The van der Waals surface area contributed by atoms with Crippen LogP contribution in [0, 0.1) is 0 Å². The number of nitrogens with zero attached hydrogens (tertiary/aromatic N) is 2. The highest BCUT2D eigenvalue weighted by atomic mass is 15.2. The van der Waals surface area contributed by atoms with Crippen LogP contribution in [-0.2, 0) is 5.41 Å². The van der Waals surface area contributed by atoms with Gasteiger partial charge in [0, 0.05) is 33.1 Å². The lowest BCUT2D eigenvalue weighted by atomic mass is 9.72. The van der Waals surface area contributed by atoms with Crippen LogP contribution in [0.3, 0.4) is 0 Å². The van der Waals surface area contributed by atoms with Gasteiger partial charge in [-0.3, -0.25) is 0 Å². The summed E-state index contributed by atoms with van der Waals surface area (Å²) in [5.74, 6) is 0. The van der Waals surface area contributed by atoms with Crippen LogP contribution in [-0.4, -0.2) is 0 Å². The molecule has 1 aliphatic rings. The smallest absolute Gasteiger partial charge is 0.0618 e. The molecule has 0 radical (unpaired) electrons. The van der Waals surface area contributed by atoms with Crippen LogP contribution in [0.15, 0.2) is 218 Å². The molecule has 10 aromatic carbocycles. The summed E-state index contributed by atoms with van der Waals surface area (Å²) in [5, 5.41) is 7.37. The maximum Gasteiger partial charge on any atom is 0.0618 e. The molecule has 59 heavy (non-hydrogen) atoms. The lowest BCUT2D eigenvalue weighted by Crippen LogP contribution is -2.31. The van der Waals surface area contributed by atoms with Crippen molar-refractivity contribution in [3.8, 4) is 22.3 Å². The molecule has 1 heterocycles. The predicted octanol–water partition coefficient (Wildman–Crippen LogP) is 16.1. The van der Waals surface area contributed by atoms with Crippen LogP contribution in [0.5, 0.6) is 0 Å². The van der Waals surface area contributed by atoms with Gasteiger partial charge in [-0.05, 0) is 97.9 Å². The van der Waals surface area contributed by atoms with E-state index >= 15 is 0 Å². The number of fused-ring (bicyclic) bond motifs is 5. The number of rotatable bonds is 6. The maximum absolute atomic E-state index is 2.55. The second-order valence-electron chi connectivity index (χ2n) is 16.1. The Bertz CT molecular complexity index is 3200. The van der Waals surface area contributed by atoms with Gasteiger partial charge in [0.05, 0.1) is 22.7 Å². The average molecular weight is 755 g/mol. The van der Waals surface area contributed by atoms with E-state index in [1.54, 1.807) is 0 Å². The molecule has 0 amide bonds. The zero-order valence-electron chi connectivity index (χ0n) is 33.2. The molecule has 280 valence electrons. The van der Waals surface area contributed by atoms with Gasteiger partial charge in [-0.25, -0.2) is 0 Å². The summed E-state index contributed by atoms with van der Waals surface area (Å²) in [6, 6.07) is 80.0. The van der Waals surface area contributed by atoms with Crippen molar-refractivity contribution in [1.29, 1.82) is 0 Å². The first-order valence-electron chi connectivity index (χ1n) is 20.5. The third kappa shape index (κ3) is 5.71. The Kier molecular flexibility index (Phi) is 8.20. The van der Waals surface area contributed by atoms with Crippen molar-refractivity contribution < 1.29 is 0 Å². The molecular formula is C57H42N2. The van der Waals surface area contributed by atoms with Gasteiger partial charge in [0.1, 0.15) is 0 Å². The van der Waals surface area contributed by atoms with Crippen molar-refractivity contribution in [2.45, 2.75) is 19.3 Å². The third-order valence-corrected chi connectivity index (χ3v) is 12.4. The number of hydrogen-bond acceptors (Lipinski definition) is 2. The summed E-state index contributed by atoms with van der Waals surface area (Å²) < 4.78 is 0. The largest absolute Gasteiger partial charge is 0.310 e. The number of hydrogen-bond donors (Lipinski definition) is 0. The topological polar surface area (TPSA) is 6.48 Å². The molecule has 11 rings (SSSR count). The molecule has 0 aliphatic carbocycles. The molecule has 0 unspecified atom stereocenters. The SMILES string of the molecule is CC1(C)c2ccccc2N(c2c(-c3cccc4ccccc34)ccc3ccccc23)c2ccc(-c3cccc(N(c4ccccc4)c4cccc5ccccc45)c3)cc21. The summed E-state index contributed by atoms with van der Waals surface area (Å²) >= 11 is 0. The van der Waals surface area contributed by atoms with E-state index in [1.165, 1.54) is 82.8 Å². The monoisotopic (exact) mass is 754 g/mol. The Morgan fingerprint density at radius 2 is 0.949 bits per heavy atom. The Hall–Kier alpha value is -7.42. The number of benzene rings is 10. The second-order valence-corrected chi connectivity index (χ2v) is 16.1. The molecule has 1 aliphatic heterocycles. The molecule has 0 saturated carbocycles. The van der Waals surface area contributed by atoms with E-state index in [1.807, 2.05) is 0 Å². The number of para-hydroxylation sites is 2. The van der Waals surface area contributed by atoms with Crippen molar-refractivity contribution in [2.24, 2.45) is 0 Å². The molecule has 2 heteroatoms. The van der Waals surface area contributed by atoms with Gasteiger partial charge in [-0.2, -0.15) is 0 Å². The van der Waals surface area contributed by atoms with Gasteiger partial charge in [0.15, 0.2) is 0 Å². The zero-order chi connectivity index (χ0) is 39.5. The van der Waals surface area contributed by atoms with Crippen molar-refractivity contribution in [1.82, 2.24) is 0 Å². The normalized spacial score (nSPS) is 13.0. The molecule has 0 spiro atoms. The highest BCUT2D eigenvalue weighted by Gasteiger charge is 2.38. The molecule has 0 aromatic heterocycles. The van der Waals surface area contributed by atoms with Crippen LogP contribution < -0.4 is 9.80 Å². The summed E-state index contributed by atoms with van der Waals surface area (Å²) in [5.41, 5.74) is 14.2.